The summed E-state index contributed by atoms with van der Waals surface area (Å²) in [5.74, 6) is 0. The van der Waals surface area contributed by atoms with Crippen molar-refractivity contribution < 1.29 is 4.42 Å². The van der Waals surface area contributed by atoms with Crippen LogP contribution in [0.25, 0.3) is 99.1 Å². The molecule has 10 rings (SSSR count). The molecule has 0 saturated carbocycles. The minimum atomic E-state index is 0.895. The van der Waals surface area contributed by atoms with E-state index in [0.29, 0.717) is 0 Å². The molecule has 1 nitrogen and oxygen atoms in total. The summed E-state index contributed by atoms with van der Waals surface area (Å²) in [5, 5.41) is 7.19. The van der Waals surface area contributed by atoms with Gasteiger partial charge in [0.1, 0.15) is 11.2 Å². The number of hydrogen-bond donors (Lipinski definition) is 0. The van der Waals surface area contributed by atoms with Crippen molar-refractivity contribution in [1.82, 2.24) is 0 Å². The van der Waals surface area contributed by atoms with Crippen molar-refractivity contribution >= 4 is 43.5 Å². The van der Waals surface area contributed by atoms with Crippen LogP contribution < -0.4 is 0 Å². The molecule has 0 saturated heterocycles. The van der Waals surface area contributed by atoms with Crippen LogP contribution in [0, 0.1) is 0 Å². The third-order valence-electron chi connectivity index (χ3n) is 10.3. The van der Waals surface area contributed by atoms with Crippen LogP contribution in [0.5, 0.6) is 0 Å². The maximum Gasteiger partial charge on any atom is 0.136 e. The van der Waals surface area contributed by atoms with Gasteiger partial charge in [-0.15, -0.1) is 0 Å². The van der Waals surface area contributed by atoms with Crippen LogP contribution in [0.1, 0.15) is 0 Å². The van der Waals surface area contributed by atoms with Crippen LogP contribution in [-0.2, 0) is 0 Å². The SMILES string of the molecule is c1ccc(-c2ccc(-c3c4ccccc4c(-c4cccc5oc6cccc(-c7ccccc7)c6c45)c4ccccc34)cc2-c2ccccc2)cc1. The Kier molecular flexibility index (Phi) is 6.89. The first-order valence-electron chi connectivity index (χ1n) is 17.5. The van der Waals surface area contributed by atoms with Gasteiger partial charge in [0.25, 0.3) is 0 Å². The normalized spacial score (nSPS) is 11.5. The number of furan rings is 1. The first kappa shape index (κ1) is 29.2. The minimum Gasteiger partial charge on any atom is -0.456 e. The van der Waals surface area contributed by atoms with Crippen LogP contribution >= 0.6 is 0 Å². The molecule has 0 bridgehead atoms. The number of benzene rings is 9. The van der Waals surface area contributed by atoms with E-state index in [1.807, 2.05) is 0 Å². The van der Waals surface area contributed by atoms with Gasteiger partial charge in [-0.05, 0) is 95.4 Å². The van der Waals surface area contributed by atoms with Crippen molar-refractivity contribution in [1.29, 1.82) is 0 Å². The van der Waals surface area contributed by atoms with Crippen LogP contribution in [0.2, 0.25) is 0 Å². The fourth-order valence-corrected chi connectivity index (χ4v) is 8.09. The predicted molar refractivity (Wildman–Crippen MR) is 216 cm³/mol. The Morgan fingerprint density at radius 3 is 1.24 bits per heavy atom. The highest BCUT2D eigenvalue weighted by Crippen LogP contribution is 2.49. The third kappa shape index (κ3) is 4.78. The molecule has 10 aromatic rings. The topological polar surface area (TPSA) is 13.1 Å². The maximum atomic E-state index is 6.60. The van der Waals surface area contributed by atoms with Crippen LogP contribution in [-0.4, -0.2) is 0 Å². The average molecular weight is 649 g/mol. The van der Waals surface area contributed by atoms with E-state index in [1.165, 1.54) is 77.2 Å². The Bertz CT molecular complexity index is 2830. The molecule has 0 radical (unpaired) electrons. The largest absolute Gasteiger partial charge is 0.456 e. The van der Waals surface area contributed by atoms with E-state index >= 15 is 0 Å². The average Bonchev–Trinajstić information content (AvgIpc) is 3.60. The van der Waals surface area contributed by atoms with E-state index in [0.717, 1.165) is 21.9 Å². The van der Waals surface area contributed by atoms with Gasteiger partial charge in [-0.25, -0.2) is 0 Å². The van der Waals surface area contributed by atoms with Crippen molar-refractivity contribution in [3.05, 3.63) is 194 Å². The van der Waals surface area contributed by atoms with Crippen molar-refractivity contribution in [3.63, 3.8) is 0 Å². The summed E-state index contributed by atoms with van der Waals surface area (Å²) in [4.78, 5) is 0. The predicted octanol–water partition coefficient (Wildman–Crippen LogP) is 14.2. The molecule has 0 aliphatic heterocycles. The van der Waals surface area contributed by atoms with Crippen molar-refractivity contribution in [2.45, 2.75) is 0 Å². The lowest BCUT2D eigenvalue weighted by atomic mass is 9.83. The quantitative estimate of drug-likeness (QED) is 0.169. The molecular weight excluding hydrogens is 617 g/mol. The van der Waals surface area contributed by atoms with Crippen LogP contribution in [0.3, 0.4) is 0 Å². The van der Waals surface area contributed by atoms with E-state index in [9.17, 15) is 0 Å². The van der Waals surface area contributed by atoms with Gasteiger partial charge >= 0.3 is 0 Å². The Labute approximate surface area is 296 Å². The standard InChI is InChI=1S/C50H32O/c1-4-16-33(17-5-1)37-31-30-36(32-44(37)35-20-8-3-9-21-35)47-39-22-10-12-24-41(39)48(42-25-13-11-23-40(42)47)43-27-15-29-46-50(43)49-38(26-14-28-45(49)51-46)34-18-6-2-7-19-34/h1-32H. The molecule has 0 unspecified atom stereocenters. The van der Waals surface area contributed by atoms with Gasteiger partial charge in [0.2, 0.25) is 0 Å². The van der Waals surface area contributed by atoms with Crippen LogP contribution in [0.15, 0.2) is 199 Å². The summed E-state index contributed by atoms with van der Waals surface area (Å²) in [6.07, 6.45) is 0. The van der Waals surface area contributed by atoms with Gasteiger partial charge < -0.3 is 4.42 Å². The first-order valence-corrected chi connectivity index (χ1v) is 17.5. The van der Waals surface area contributed by atoms with Crippen molar-refractivity contribution in [3.8, 4) is 55.6 Å². The molecule has 0 amide bonds. The monoisotopic (exact) mass is 648 g/mol. The number of hydrogen-bond acceptors (Lipinski definition) is 1. The summed E-state index contributed by atoms with van der Waals surface area (Å²) in [7, 11) is 0. The lowest BCUT2D eigenvalue weighted by Gasteiger charge is -2.20. The van der Waals surface area contributed by atoms with Gasteiger partial charge in [0.05, 0.1) is 0 Å². The molecule has 0 spiro atoms. The second-order valence-corrected chi connectivity index (χ2v) is 13.2. The van der Waals surface area contributed by atoms with Gasteiger partial charge in [0, 0.05) is 10.8 Å². The van der Waals surface area contributed by atoms with E-state index in [2.05, 4.69) is 194 Å². The van der Waals surface area contributed by atoms with Crippen LogP contribution in [0.4, 0.5) is 0 Å². The molecule has 0 aliphatic rings. The lowest BCUT2D eigenvalue weighted by Crippen LogP contribution is -1.93. The van der Waals surface area contributed by atoms with Gasteiger partial charge in [-0.2, -0.15) is 0 Å². The number of fused-ring (bicyclic) bond motifs is 5. The summed E-state index contributed by atoms with van der Waals surface area (Å²) >= 11 is 0. The number of rotatable bonds is 5. The van der Waals surface area contributed by atoms with Gasteiger partial charge in [-0.3, -0.25) is 0 Å². The molecule has 9 aromatic carbocycles. The fourth-order valence-electron chi connectivity index (χ4n) is 8.09. The summed E-state index contributed by atoms with van der Waals surface area (Å²) in [5.41, 5.74) is 13.9. The second kappa shape index (κ2) is 12.0. The zero-order valence-corrected chi connectivity index (χ0v) is 27.9. The van der Waals surface area contributed by atoms with Crippen molar-refractivity contribution in [2.75, 3.05) is 0 Å². The Balaban J connectivity index is 1.29. The summed E-state index contributed by atoms with van der Waals surface area (Å²) in [6, 6.07) is 69.8. The van der Waals surface area contributed by atoms with Crippen molar-refractivity contribution in [2.24, 2.45) is 0 Å². The van der Waals surface area contributed by atoms with E-state index in [-0.39, 0.29) is 0 Å². The molecule has 0 aliphatic carbocycles. The zero-order chi connectivity index (χ0) is 33.7. The zero-order valence-electron chi connectivity index (χ0n) is 27.9. The molecule has 1 aromatic heterocycles. The molecular formula is C50H32O. The molecule has 1 heteroatoms. The second-order valence-electron chi connectivity index (χ2n) is 13.2. The Morgan fingerprint density at radius 2 is 0.686 bits per heavy atom. The molecule has 0 fully saturated rings. The van der Waals surface area contributed by atoms with E-state index < -0.39 is 0 Å². The summed E-state index contributed by atoms with van der Waals surface area (Å²) in [6.45, 7) is 0. The maximum absolute atomic E-state index is 6.60. The highest BCUT2D eigenvalue weighted by Gasteiger charge is 2.22. The molecule has 238 valence electrons. The molecule has 0 N–H and O–H groups in total. The lowest BCUT2D eigenvalue weighted by molar-refractivity contribution is 0.669. The first-order chi connectivity index (χ1) is 25.3. The van der Waals surface area contributed by atoms with Gasteiger partial charge in [0.15, 0.2) is 0 Å². The Hall–Kier alpha value is -6.70. The van der Waals surface area contributed by atoms with Gasteiger partial charge in [-0.1, -0.05) is 176 Å². The third-order valence-corrected chi connectivity index (χ3v) is 10.3. The van der Waals surface area contributed by atoms with E-state index in [4.69, 9.17) is 4.42 Å². The highest BCUT2D eigenvalue weighted by atomic mass is 16.3. The molecule has 0 atom stereocenters. The molecule has 51 heavy (non-hydrogen) atoms. The summed E-state index contributed by atoms with van der Waals surface area (Å²) < 4.78 is 6.60. The molecule has 1 heterocycles. The fraction of sp³-hybridized carbons (Fsp3) is 0. The van der Waals surface area contributed by atoms with E-state index in [1.54, 1.807) is 0 Å². The Morgan fingerprint density at radius 1 is 0.255 bits per heavy atom. The highest BCUT2D eigenvalue weighted by molar-refractivity contribution is 6.27. The minimum absolute atomic E-state index is 0.895. The smallest absolute Gasteiger partial charge is 0.136 e.